The third kappa shape index (κ3) is 2.12. The Balaban J connectivity index is 1.90. The minimum Gasteiger partial charge on any atom is -0.334 e. The lowest BCUT2D eigenvalue weighted by atomic mass is 9.97. The maximum atomic E-state index is 12.7. The molecular weight excluding hydrogens is 280 g/mol. The Hall–Kier alpha value is -1.11. The molecule has 3 saturated heterocycles. The van der Waals surface area contributed by atoms with E-state index in [2.05, 4.69) is 0 Å². The number of hydrogen-bond acceptors (Lipinski definition) is 4. The summed E-state index contributed by atoms with van der Waals surface area (Å²) < 4.78 is 23.5. The largest absolute Gasteiger partial charge is 0.334 e. The quantitative estimate of drug-likeness (QED) is 0.671. The van der Waals surface area contributed by atoms with E-state index in [9.17, 15) is 18.0 Å². The van der Waals surface area contributed by atoms with Gasteiger partial charge in [0.25, 0.3) is 0 Å². The highest BCUT2D eigenvalue weighted by molar-refractivity contribution is 7.91. The Morgan fingerprint density at radius 1 is 1.25 bits per heavy atom. The van der Waals surface area contributed by atoms with Gasteiger partial charge in [-0.3, -0.25) is 9.59 Å². The summed E-state index contributed by atoms with van der Waals surface area (Å²) in [6, 6.07) is -0.370. The molecule has 20 heavy (non-hydrogen) atoms. The van der Waals surface area contributed by atoms with Gasteiger partial charge in [0.2, 0.25) is 11.8 Å². The van der Waals surface area contributed by atoms with E-state index in [0.29, 0.717) is 32.4 Å². The Kier molecular flexibility index (Phi) is 3.08. The van der Waals surface area contributed by atoms with E-state index in [1.165, 1.54) is 0 Å². The van der Waals surface area contributed by atoms with Gasteiger partial charge in [-0.2, -0.15) is 0 Å². The summed E-state index contributed by atoms with van der Waals surface area (Å²) in [6.07, 6.45) is 2.33. The summed E-state index contributed by atoms with van der Waals surface area (Å²) in [4.78, 5) is 28.1. The van der Waals surface area contributed by atoms with Crippen LogP contribution in [0.3, 0.4) is 0 Å². The van der Waals surface area contributed by atoms with Gasteiger partial charge in [0.05, 0.1) is 17.0 Å². The van der Waals surface area contributed by atoms with E-state index in [4.69, 9.17) is 0 Å². The van der Waals surface area contributed by atoms with Crippen molar-refractivity contribution in [3.63, 3.8) is 0 Å². The van der Waals surface area contributed by atoms with Crippen molar-refractivity contribution >= 4 is 21.7 Å². The standard InChI is InChI=1S/C13H20N2O4S/c1-13(5-8-20(18,19)9-13)15-7-4-11(16)14-6-2-3-10(14)12(15)17/h10H,2-9H2,1H3. The predicted molar refractivity (Wildman–Crippen MR) is 72.7 cm³/mol. The van der Waals surface area contributed by atoms with Gasteiger partial charge in [0.1, 0.15) is 6.04 Å². The van der Waals surface area contributed by atoms with Crippen LogP contribution in [0.25, 0.3) is 0 Å². The highest BCUT2D eigenvalue weighted by atomic mass is 32.2. The first-order valence-electron chi connectivity index (χ1n) is 7.14. The van der Waals surface area contributed by atoms with Crippen LogP contribution in [0.4, 0.5) is 0 Å². The lowest BCUT2D eigenvalue weighted by Gasteiger charge is -2.38. The Labute approximate surface area is 119 Å². The zero-order valence-electron chi connectivity index (χ0n) is 11.7. The van der Waals surface area contributed by atoms with Gasteiger partial charge in [-0.25, -0.2) is 8.42 Å². The smallest absolute Gasteiger partial charge is 0.245 e. The van der Waals surface area contributed by atoms with Crippen molar-refractivity contribution in [1.82, 2.24) is 9.80 Å². The first-order valence-corrected chi connectivity index (χ1v) is 8.96. The maximum Gasteiger partial charge on any atom is 0.245 e. The van der Waals surface area contributed by atoms with Crippen LogP contribution in [-0.2, 0) is 19.4 Å². The fourth-order valence-corrected chi connectivity index (χ4v) is 5.85. The lowest BCUT2D eigenvalue weighted by Crippen LogP contribution is -2.54. The molecule has 0 spiro atoms. The molecule has 0 aromatic carbocycles. The fraction of sp³-hybridized carbons (Fsp3) is 0.846. The first-order chi connectivity index (χ1) is 9.32. The monoisotopic (exact) mass is 300 g/mol. The minimum absolute atomic E-state index is 0.0205. The summed E-state index contributed by atoms with van der Waals surface area (Å²) in [5.74, 6) is 0.114. The number of carbonyl (C=O) groups is 2. The number of hydrogen-bond donors (Lipinski definition) is 0. The zero-order valence-corrected chi connectivity index (χ0v) is 12.5. The van der Waals surface area contributed by atoms with E-state index in [1.807, 2.05) is 6.92 Å². The fourth-order valence-electron chi connectivity index (χ4n) is 3.71. The number of fused-ring (bicyclic) bond motifs is 1. The number of nitrogens with zero attached hydrogens (tertiary/aromatic N) is 2. The van der Waals surface area contributed by atoms with Crippen molar-refractivity contribution in [1.29, 1.82) is 0 Å². The molecule has 0 saturated carbocycles. The van der Waals surface area contributed by atoms with Crippen LogP contribution in [0, 0.1) is 0 Å². The van der Waals surface area contributed by atoms with Crippen LogP contribution in [-0.4, -0.2) is 66.2 Å². The molecule has 0 radical (unpaired) electrons. The molecule has 3 aliphatic heterocycles. The van der Waals surface area contributed by atoms with Gasteiger partial charge in [-0.05, 0) is 26.2 Å². The molecule has 3 fully saturated rings. The van der Waals surface area contributed by atoms with Crippen molar-refractivity contribution in [3.8, 4) is 0 Å². The van der Waals surface area contributed by atoms with E-state index >= 15 is 0 Å². The van der Waals surface area contributed by atoms with Crippen molar-refractivity contribution < 1.29 is 18.0 Å². The molecule has 2 atom stereocenters. The van der Waals surface area contributed by atoms with Crippen molar-refractivity contribution in [2.45, 2.75) is 44.2 Å². The third-order valence-corrected chi connectivity index (χ3v) is 6.70. The number of rotatable bonds is 1. The van der Waals surface area contributed by atoms with Crippen LogP contribution < -0.4 is 0 Å². The molecule has 0 aliphatic carbocycles. The molecule has 2 unspecified atom stereocenters. The molecular formula is C13H20N2O4S. The number of sulfone groups is 1. The van der Waals surface area contributed by atoms with Crippen LogP contribution in [0.15, 0.2) is 0 Å². The Bertz CT molecular complexity index is 559. The van der Waals surface area contributed by atoms with Gasteiger partial charge in [0, 0.05) is 19.5 Å². The third-order valence-electron chi connectivity index (χ3n) is 4.81. The first kappa shape index (κ1) is 13.9. The minimum atomic E-state index is -3.07. The summed E-state index contributed by atoms with van der Waals surface area (Å²) in [5.41, 5.74) is -0.644. The van der Waals surface area contributed by atoms with Gasteiger partial charge in [0.15, 0.2) is 9.84 Å². The highest BCUT2D eigenvalue weighted by Crippen LogP contribution is 2.33. The van der Waals surface area contributed by atoms with E-state index in [-0.39, 0.29) is 29.4 Å². The molecule has 6 nitrogen and oxygen atoms in total. The van der Waals surface area contributed by atoms with E-state index in [1.54, 1.807) is 9.80 Å². The van der Waals surface area contributed by atoms with Crippen LogP contribution >= 0.6 is 0 Å². The van der Waals surface area contributed by atoms with Crippen molar-refractivity contribution in [2.75, 3.05) is 24.6 Å². The molecule has 3 heterocycles. The molecule has 2 amide bonds. The van der Waals surface area contributed by atoms with Gasteiger partial charge in [-0.15, -0.1) is 0 Å². The van der Waals surface area contributed by atoms with E-state index in [0.717, 1.165) is 6.42 Å². The second-order valence-electron chi connectivity index (χ2n) is 6.32. The molecule has 0 N–H and O–H groups in total. The summed E-state index contributed by atoms with van der Waals surface area (Å²) in [7, 11) is -3.07. The zero-order chi connectivity index (χ0) is 14.5. The van der Waals surface area contributed by atoms with Crippen LogP contribution in [0.5, 0.6) is 0 Å². The van der Waals surface area contributed by atoms with Gasteiger partial charge in [-0.1, -0.05) is 0 Å². The SMILES string of the molecule is CC1(N2CCC(=O)N3CCCC3C2=O)CCS(=O)(=O)C1. The summed E-state index contributed by atoms with van der Waals surface area (Å²) in [5, 5.41) is 0. The second kappa shape index (κ2) is 4.44. The number of amides is 2. The van der Waals surface area contributed by atoms with E-state index < -0.39 is 15.4 Å². The van der Waals surface area contributed by atoms with Crippen LogP contribution in [0.2, 0.25) is 0 Å². The van der Waals surface area contributed by atoms with Gasteiger partial charge < -0.3 is 9.80 Å². The molecule has 7 heteroatoms. The Morgan fingerprint density at radius 3 is 2.65 bits per heavy atom. The molecule has 0 aromatic heterocycles. The maximum absolute atomic E-state index is 12.7. The van der Waals surface area contributed by atoms with Gasteiger partial charge >= 0.3 is 0 Å². The molecule has 3 aliphatic rings. The summed E-state index contributed by atoms with van der Waals surface area (Å²) >= 11 is 0. The predicted octanol–water partition coefficient (Wildman–Crippen LogP) is -0.213. The second-order valence-corrected chi connectivity index (χ2v) is 8.51. The average molecular weight is 300 g/mol. The number of carbonyl (C=O) groups excluding carboxylic acids is 2. The van der Waals surface area contributed by atoms with Crippen molar-refractivity contribution in [3.05, 3.63) is 0 Å². The topological polar surface area (TPSA) is 74.8 Å². The molecule has 0 bridgehead atoms. The average Bonchev–Trinajstić information content (AvgIpc) is 2.91. The molecule has 3 rings (SSSR count). The summed E-state index contributed by atoms with van der Waals surface area (Å²) in [6.45, 7) is 2.83. The normalized spacial score (nSPS) is 37.1. The van der Waals surface area contributed by atoms with Crippen molar-refractivity contribution in [2.24, 2.45) is 0 Å². The molecule has 112 valence electrons. The lowest BCUT2D eigenvalue weighted by molar-refractivity contribution is -0.142. The van der Waals surface area contributed by atoms with Crippen LogP contribution in [0.1, 0.15) is 32.6 Å². The Morgan fingerprint density at radius 2 is 2.00 bits per heavy atom. The highest BCUT2D eigenvalue weighted by Gasteiger charge is 2.49. The molecule has 0 aromatic rings.